The van der Waals surface area contributed by atoms with Crippen LogP contribution in [-0.4, -0.2) is 68.7 Å². The number of carbonyl (C=O) groups is 6. The Morgan fingerprint density at radius 2 is 0.588 bits per heavy atom. The first-order valence-corrected chi connectivity index (χ1v) is 37.7. The SMILES string of the molecule is C=CCCC(C(=O)NC(C)(C)C)C(C)(C)C.C=CCCC(CC(=C)C)C(=O)NC(C)(C)C.C=CCCC(CC(C)(C)C)C(=O)NC(C)(C)C.CCCCC(C(=O)NC(C)(C)C)C(C)(C)C.CCCCC(C(=O)NC(C)(C)C)C(C)C.CCCCC(CC(C)(C)C)C(=O)NC(C)(C)C. The number of rotatable bonds is 29. The van der Waals surface area contributed by atoms with E-state index in [1.165, 1.54) is 0 Å². The molecule has 97 heavy (non-hydrogen) atoms. The van der Waals surface area contributed by atoms with Crippen LogP contribution in [0.15, 0.2) is 50.1 Å². The summed E-state index contributed by atoms with van der Waals surface area (Å²) in [6, 6.07) is 0. The van der Waals surface area contributed by atoms with Gasteiger partial charge in [-0.3, -0.25) is 28.8 Å². The highest BCUT2D eigenvalue weighted by Crippen LogP contribution is 2.33. The third-order valence-corrected chi connectivity index (χ3v) is 15.0. The minimum atomic E-state index is -0.168. The normalized spacial score (nSPS) is 14.2. The van der Waals surface area contributed by atoms with Gasteiger partial charge < -0.3 is 31.9 Å². The second kappa shape index (κ2) is 48.6. The molecule has 0 saturated heterocycles. The van der Waals surface area contributed by atoms with Crippen molar-refractivity contribution in [3.05, 3.63) is 50.1 Å². The van der Waals surface area contributed by atoms with Gasteiger partial charge in [0, 0.05) is 68.7 Å². The topological polar surface area (TPSA) is 175 Å². The van der Waals surface area contributed by atoms with Gasteiger partial charge in [0.1, 0.15) is 0 Å². The van der Waals surface area contributed by atoms with Crippen LogP contribution in [0.5, 0.6) is 0 Å². The molecular weight excluding hydrogens is 1200 g/mol. The van der Waals surface area contributed by atoms with Crippen LogP contribution in [-0.2, 0) is 28.8 Å². The van der Waals surface area contributed by atoms with E-state index >= 15 is 0 Å². The van der Waals surface area contributed by atoms with Crippen molar-refractivity contribution in [1.29, 1.82) is 0 Å². The summed E-state index contributed by atoms with van der Waals surface area (Å²) in [4.78, 5) is 72.8. The fraction of sp³-hybridized carbons (Fsp3) is 0.835. The zero-order valence-electron chi connectivity index (χ0n) is 71.3. The molecule has 12 nitrogen and oxygen atoms in total. The van der Waals surface area contributed by atoms with Gasteiger partial charge in [0.05, 0.1) is 0 Å². The van der Waals surface area contributed by atoms with Gasteiger partial charge in [-0.15, -0.1) is 26.3 Å². The monoisotopic (exact) mass is 1370 g/mol. The molecule has 0 aromatic heterocycles. The first-order chi connectivity index (χ1) is 43.3. The maximum atomic E-state index is 12.2. The van der Waals surface area contributed by atoms with Crippen LogP contribution < -0.4 is 31.9 Å². The largest absolute Gasteiger partial charge is 0.351 e. The molecule has 0 aromatic carbocycles. The van der Waals surface area contributed by atoms with Crippen molar-refractivity contribution >= 4 is 35.4 Å². The van der Waals surface area contributed by atoms with Gasteiger partial charge in [-0.2, -0.15) is 0 Å². The molecule has 6 amide bonds. The third kappa shape index (κ3) is 68.7. The predicted molar refractivity (Wildman–Crippen MR) is 427 cm³/mol. The molecule has 6 N–H and O–H groups in total. The quantitative estimate of drug-likeness (QED) is 0.0407. The van der Waals surface area contributed by atoms with Gasteiger partial charge in [-0.05, 0) is 236 Å². The van der Waals surface area contributed by atoms with E-state index in [2.05, 4.69) is 176 Å². The standard InChI is InChI=1S/C15H31NO.C15H29NO.C14H29NO.C14H27NO.C14H25NO.C13H27NO/c2*1-8-9-10-12(11-14(2,3)4)13(17)16-15(5,6)7;2*1-8-9-10-11(13(2,3)4)12(16)15-14(5,6)7;1-7-8-9-12(10-11(2)3)13(16)15-14(4,5)6;1-7-8-9-11(10(2)3)12(15)14-13(4,5)6/h12H,8-11H2,1-7H3,(H,16,17);8,12H,1,9-11H2,2-7H3,(H,16,17);11H,8-10H2,1-7H3,(H,15,16);8,11H,1,9-10H2,2-7H3,(H,15,16);7,12H,1-2,8-10H2,3-6H3,(H,15,16);10-11H,7-9H2,1-6H3,(H,14,15). The molecule has 6 unspecified atom stereocenters. The summed E-state index contributed by atoms with van der Waals surface area (Å²) in [5.74, 6) is 2.13. The summed E-state index contributed by atoms with van der Waals surface area (Å²) in [6.45, 7) is 90.1. The van der Waals surface area contributed by atoms with Crippen molar-refractivity contribution in [3.8, 4) is 0 Å². The average molecular weight is 1370 g/mol. The van der Waals surface area contributed by atoms with Gasteiger partial charge in [0.2, 0.25) is 35.4 Å². The number of amides is 6. The summed E-state index contributed by atoms with van der Waals surface area (Å²) in [5.41, 5.74) is 0.646. The minimum absolute atomic E-state index is 0.00164. The summed E-state index contributed by atoms with van der Waals surface area (Å²) < 4.78 is 0. The average Bonchev–Trinajstić information content (AvgIpc) is 0.883. The van der Waals surface area contributed by atoms with Crippen molar-refractivity contribution in [3.63, 3.8) is 0 Å². The number of unbranched alkanes of at least 4 members (excludes halogenated alkanes) is 3. The maximum absolute atomic E-state index is 12.2. The summed E-state index contributed by atoms with van der Waals surface area (Å²) >= 11 is 0. The molecular formula is C85H168N6O6. The van der Waals surface area contributed by atoms with Gasteiger partial charge in [-0.25, -0.2) is 0 Å². The molecule has 6 atom stereocenters. The Morgan fingerprint density at radius 1 is 0.340 bits per heavy atom. The molecule has 0 saturated carbocycles. The van der Waals surface area contributed by atoms with Crippen molar-refractivity contribution in [2.45, 2.75) is 398 Å². The molecule has 12 heteroatoms. The second-order valence-corrected chi connectivity index (χ2v) is 38.9. The van der Waals surface area contributed by atoms with E-state index in [4.69, 9.17) is 0 Å². The van der Waals surface area contributed by atoms with E-state index in [0.29, 0.717) is 5.92 Å². The molecule has 0 aliphatic heterocycles. The van der Waals surface area contributed by atoms with E-state index in [1.807, 2.05) is 150 Å². The van der Waals surface area contributed by atoms with Crippen LogP contribution in [0.4, 0.5) is 0 Å². The van der Waals surface area contributed by atoms with Crippen LogP contribution in [0, 0.1) is 63.1 Å². The maximum Gasteiger partial charge on any atom is 0.224 e. The number of nitrogens with one attached hydrogen (secondary N) is 6. The fourth-order valence-electron chi connectivity index (χ4n) is 10.6. The van der Waals surface area contributed by atoms with Gasteiger partial charge in [-0.1, -0.05) is 180 Å². The Labute approximate surface area is 604 Å². The molecule has 0 aromatic rings. The van der Waals surface area contributed by atoms with E-state index < -0.39 is 0 Å². The zero-order valence-corrected chi connectivity index (χ0v) is 71.3. The molecule has 0 fully saturated rings. The van der Waals surface area contributed by atoms with Crippen LogP contribution >= 0.6 is 0 Å². The van der Waals surface area contributed by atoms with Gasteiger partial charge in [0.15, 0.2) is 0 Å². The lowest BCUT2D eigenvalue weighted by atomic mass is 9.77. The first-order valence-electron chi connectivity index (χ1n) is 37.7. The molecule has 0 aliphatic rings. The molecule has 574 valence electrons. The van der Waals surface area contributed by atoms with Gasteiger partial charge in [0.25, 0.3) is 0 Å². The van der Waals surface area contributed by atoms with E-state index in [1.54, 1.807) is 0 Å². The number of allylic oxidation sites excluding steroid dienone is 4. The van der Waals surface area contributed by atoms with Crippen LogP contribution in [0.3, 0.4) is 0 Å². The lowest BCUT2D eigenvalue weighted by Gasteiger charge is -2.32. The highest BCUT2D eigenvalue weighted by molar-refractivity contribution is 5.82. The Morgan fingerprint density at radius 3 is 0.856 bits per heavy atom. The second-order valence-electron chi connectivity index (χ2n) is 38.9. The third-order valence-electron chi connectivity index (χ3n) is 15.0. The minimum Gasteiger partial charge on any atom is -0.351 e. The van der Waals surface area contributed by atoms with E-state index in [0.717, 1.165) is 121 Å². The van der Waals surface area contributed by atoms with Gasteiger partial charge >= 0.3 is 0 Å². The van der Waals surface area contributed by atoms with Crippen LogP contribution in [0.25, 0.3) is 0 Å². The van der Waals surface area contributed by atoms with E-state index in [9.17, 15) is 28.8 Å². The Kier molecular flexibility index (Phi) is 52.0. The van der Waals surface area contributed by atoms with Crippen molar-refractivity contribution < 1.29 is 28.8 Å². The number of carbonyl (C=O) groups excluding carboxylic acids is 6. The number of hydrogen-bond acceptors (Lipinski definition) is 6. The lowest BCUT2D eigenvalue weighted by Crippen LogP contribution is -2.46. The molecule has 0 radical (unpaired) electrons. The molecule has 0 bridgehead atoms. The number of hydrogen-bond donors (Lipinski definition) is 6. The molecule has 0 rings (SSSR count). The van der Waals surface area contributed by atoms with Crippen LogP contribution in [0.1, 0.15) is 365 Å². The highest BCUT2D eigenvalue weighted by atomic mass is 16.2. The predicted octanol–water partition coefficient (Wildman–Crippen LogP) is 22.2. The summed E-state index contributed by atoms with van der Waals surface area (Å²) in [7, 11) is 0. The fourth-order valence-corrected chi connectivity index (χ4v) is 10.6. The van der Waals surface area contributed by atoms with Crippen molar-refractivity contribution in [1.82, 2.24) is 31.9 Å². The zero-order chi connectivity index (χ0) is 78.2. The highest BCUT2D eigenvalue weighted by Gasteiger charge is 2.35. The summed E-state index contributed by atoms with van der Waals surface area (Å²) in [5, 5.41) is 18.4. The van der Waals surface area contributed by atoms with Crippen molar-refractivity contribution in [2.24, 2.45) is 63.1 Å². The lowest BCUT2D eigenvalue weighted by molar-refractivity contribution is -0.131. The van der Waals surface area contributed by atoms with E-state index in [-0.39, 0.29) is 126 Å². The molecule has 0 heterocycles. The Balaban J connectivity index is -0.000000256. The summed E-state index contributed by atoms with van der Waals surface area (Å²) in [6.07, 6.45) is 23.4. The molecule has 0 aliphatic carbocycles. The molecule has 0 spiro atoms. The first kappa shape index (κ1) is 104. The Hall–Kier alpha value is -4.22. The van der Waals surface area contributed by atoms with Crippen LogP contribution in [0.2, 0.25) is 0 Å². The Bertz CT molecular complexity index is 2210. The van der Waals surface area contributed by atoms with Crippen molar-refractivity contribution in [2.75, 3.05) is 0 Å². The smallest absolute Gasteiger partial charge is 0.224 e.